The summed E-state index contributed by atoms with van der Waals surface area (Å²) in [5.74, 6) is 0. The molecule has 0 amide bonds. The highest BCUT2D eigenvalue weighted by Crippen LogP contribution is 2.11. The van der Waals surface area contributed by atoms with Crippen LogP contribution in [0.25, 0.3) is 0 Å². The van der Waals surface area contributed by atoms with Crippen molar-refractivity contribution in [3.8, 4) is 0 Å². The smallest absolute Gasteiger partial charge is 0.118 e. The van der Waals surface area contributed by atoms with E-state index in [-0.39, 0.29) is 0 Å². The molecule has 0 N–H and O–H groups in total. The summed E-state index contributed by atoms with van der Waals surface area (Å²) in [5.41, 5.74) is 0. The molecule has 0 saturated heterocycles. The van der Waals surface area contributed by atoms with Crippen LogP contribution in [0.4, 0.5) is 0 Å². The van der Waals surface area contributed by atoms with Gasteiger partial charge in [-0.3, -0.25) is 5.01 Å². The first-order valence-electron chi connectivity index (χ1n) is 3.82. The first kappa shape index (κ1) is 7.38. The minimum atomic E-state index is 0.491. The van der Waals surface area contributed by atoms with Crippen LogP contribution in [-0.4, -0.2) is 36.0 Å². The van der Waals surface area contributed by atoms with Gasteiger partial charge in [0.25, 0.3) is 0 Å². The summed E-state index contributed by atoms with van der Waals surface area (Å²) in [5, 5.41) is 6.18. The maximum Gasteiger partial charge on any atom is 0.118 e. The zero-order valence-electron chi connectivity index (χ0n) is 6.91. The summed E-state index contributed by atoms with van der Waals surface area (Å²) < 4.78 is 0. The molecule has 0 aromatic heterocycles. The third-order valence-electron chi connectivity index (χ3n) is 1.93. The predicted octanol–water partition coefficient (Wildman–Crippen LogP) is 0.933. The number of hydrazone groups is 1. The van der Waals surface area contributed by atoms with Crippen LogP contribution >= 0.6 is 0 Å². The van der Waals surface area contributed by atoms with Crippen molar-refractivity contribution >= 4 is 6.34 Å². The van der Waals surface area contributed by atoms with Crippen molar-refractivity contribution in [2.75, 3.05) is 13.6 Å². The maximum absolute atomic E-state index is 4.17. The Bertz CT molecular complexity index is 133. The number of hydrogen-bond donors (Lipinski definition) is 0. The Morgan fingerprint density at radius 3 is 2.60 bits per heavy atom. The maximum atomic E-state index is 4.17. The van der Waals surface area contributed by atoms with Crippen molar-refractivity contribution in [3.05, 3.63) is 0 Å². The first-order valence-corrected chi connectivity index (χ1v) is 3.82. The highest BCUT2D eigenvalue weighted by atomic mass is 15.6. The van der Waals surface area contributed by atoms with Crippen LogP contribution in [0.3, 0.4) is 0 Å². The van der Waals surface area contributed by atoms with Crippen molar-refractivity contribution in [1.82, 2.24) is 9.91 Å². The van der Waals surface area contributed by atoms with Crippen molar-refractivity contribution in [2.24, 2.45) is 5.10 Å². The van der Waals surface area contributed by atoms with Gasteiger partial charge in [0.2, 0.25) is 0 Å². The van der Waals surface area contributed by atoms with E-state index in [9.17, 15) is 0 Å². The molecule has 0 aliphatic carbocycles. The molecule has 1 rings (SSSR count). The molecule has 0 spiro atoms. The fourth-order valence-corrected chi connectivity index (χ4v) is 1.31. The van der Waals surface area contributed by atoms with Gasteiger partial charge in [-0.25, -0.2) is 0 Å². The summed E-state index contributed by atoms with van der Waals surface area (Å²) in [6.45, 7) is 5.37. The van der Waals surface area contributed by atoms with Crippen LogP contribution in [0.5, 0.6) is 0 Å². The standard InChI is InChI=1S/C7H15N3/c1-4-7-9(3)8-6-10(7)5-2/h6-7H,4-5H2,1-3H3. The largest absolute Gasteiger partial charge is 0.340 e. The molecule has 1 aliphatic rings. The van der Waals surface area contributed by atoms with Gasteiger partial charge >= 0.3 is 0 Å². The normalized spacial score (nSPS) is 24.5. The second kappa shape index (κ2) is 2.90. The van der Waals surface area contributed by atoms with Gasteiger partial charge in [0.05, 0.1) is 0 Å². The minimum absolute atomic E-state index is 0.491. The summed E-state index contributed by atoms with van der Waals surface area (Å²) in [6.07, 6.45) is 3.53. The van der Waals surface area contributed by atoms with Gasteiger partial charge in [0, 0.05) is 13.6 Å². The third-order valence-corrected chi connectivity index (χ3v) is 1.93. The monoisotopic (exact) mass is 141 g/mol. The molecule has 1 atom stereocenters. The Balaban J connectivity index is 2.53. The minimum Gasteiger partial charge on any atom is -0.340 e. The average molecular weight is 141 g/mol. The van der Waals surface area contributed by atoms with E-state index in [1.54, 1.807) is 0 Å². The van der Waals surface area contributed by atoms with Crippen LogP contribution in [-0.2, 0) is 0 Å². The molecular weight excluding hydrogens is 126 g/mol. The van der Waals surface area contributed by atoms with Gasteiger partial charge in [-0.1, -0.05) is 6.92 Å². The van der Waals surface area contributed by atoms with E-state index in [1.807, 2.05) is 18.4 Å². The molecule has 3 nitrogen and oxygen atoms in total. The summed E-state index contributed by atoms with van der Waals surface area (Å²) in [4.78, 5) is 2.24. The Hall–Kier alpha value is -0.730. The van der Waals surface area contributed by atoms with E-state index in [2.05, 4.69) is 23.8 Å². The summed E-state index contributed by atoms with van der Waals surface area (Å²) in [7, 11) is 2.01. The zero-order valence-corrected chi connectivity index (χ0v) is 6.91. The average Bonchev–Trinajstić information content (AvgIpc) is 2.30. The van der Waals surface area contributed by atoms with Crippen molar-refractivity contribution in [3.63, 3.8) is 0 Å². The lowest BCUT2D eigenvalue weighted by Gasteiger charge is -2.25. The topological polar surface area (TPSA) is 18.8 Å². The van der Waals surface area contributed by atoms with Crippen LogP contribution in [0.1, 0.15) is 20.3 Å². The third kappa shape index (κ3) is 1.08. The van der Waals surface area contributed by atoms with Gasteiger partial charge in [-0.2, -0.15) is 5.10 Å². The molecule has 3 heteroatoms. The van der Waals surface area contributed by atoms with Crippen LogP contribution in [0, 0.1) is 0 Å². The van der Waals surface area contributed by atoms with E-state index in [0.29, 0.717) is 6.17 Å². The Morgan fingerprint density at radius 1 is 1.50 bits per heavy atom. The van der Waals surface area contributed by atoms with Crippen LogP contribution < -0.4 is 0 Å². The lowest BCUT2D eigenvalue weighted by atomic mass is 10.3. The Morgan fingerprint density at radius 2 is 2.20 bits per heavy atom. The Labute approximate surface area is 62.3 Å². The molecule has 1 unspecified atom stereocenters. The van der Waals surface area contributed by atoms with Gasteiger partial charge in [0.1, 0.15) is 12.5 Å². The number of nitrogens with zero attached hydrogens (tertiary/aromatic N) is 3. The molecular formula is C7H15N3. The predicted molar refractivity (Wildman–Crippen MR) is 42.7 cm³/mol. The highest BCUT2D eigenvalue weighted by Gasteiger charge is 2.20. The first-order chi connectivity index (χ1) is 4.79. The molecule has 0 saturated carbocycles. The molecule has 0 aromatic carbocycles. The van der Waals surface area contributed by atoms with Gasteiger partial charge in [-0.15, -0.1) is 0 Å². The fraction of sp³-hybridized carbons (Fsp3) is 0.857. The molecule has 58 valence electrons. The van der Waals surface area contributed by atoms with E-state index in [4.69, 9.17) is 0 Å². The van der Waals surface area contributed by atoms with Crippen LogP contribution in [0.2, 0.25) is 0 Å². The zero-order chi connectivity index (χ0) is 7.56. The fourth-order valence-electron chi connectivity index (χ4n) is 1.31. The van der Waals surface area contributed by atoms with E-state index in [1.165, 1.54) is 0 Å². The lowest BCUT2D eigenvalue weighted by molar-refractivity contribution is 0.161. The quantitative estimate of drug-likeness (QED) is 0.569. The molecule has 10 heavy (non-hydrogen) atoms. The van der Waals surface area contributed by atoms with E-state index < -0.39 is 0 Å². The molecule has 1 aliphatic heterocycles. The second-order valence-corrected chi connectivity index (χ2v) is 2.52. The summed E-state index contributed by atoms with van der Waals surface area (Å²) >= 11 is 0. The molecule has 0 radical (unpaired) electrons. The van der Waals surface area contributed by atoms with E-state index in [0.717, 1.165) is 13.0 Å². The molecule has 1 heterocycles. The van der Waals surface area contributed by atoms with Gasteiger partial charge in [0.15, 0.2) is 0 Å². The van der Waals surface area contributed by atoms with Gasteiger partial charge < -0.3 is 4.90 Å². The number of rotatable bonds is 2. The number of hydrogen-bond acceptors (Lipinski definition) is 3. The van der Waals surface area contributed by atoms with Crippen LogP contribution in [0.15, 0.2) is 5.10 Å². The highest BCUT2D eigenvalue weighted by molar-refractivity contribution is 5.56. The van der Waals surface area contributed by atoms with Crippen molar-refractivity contribution < 1.29 is 0 Å². The SMILES string of the molecule is CCC1N(CC)C=NN1C. The van der Waals surface area contributed by atoms with Crippen molar-refractivity contribution in [1.29, 1.82) is 0 Å². The lowest BCUT2D eigenvalue weighted by Crippen LogP contribution is -2.36. The van der Waals surface area contributed by atoms with Gasteiger partial charge in [-0.05, 0) is 13.3 Å². The molecule has 0 aromatic rings. The summed E-state index contributed by atoms with van der Waals surface area (Å²) in [6, 6.07) is 0. The van der Waals surface area contributed by atoms with E-state index >= 15 is 0 Å². The Kier molecular flexibility index (Phi) is 2.14. The molecule has 0 fully saturated rings. The second-order valence-electron chi connectivity index (χ2n) is 2.52. The molecule has 0 bridgehead atoms. The van der Waals surface area contributed by atoms with Crippen molar-refractivity contribution in [2.45, 2.75) is 26.4 Å².